The number of nitrogens with zero attached hydrogens (tertiary/aromatic N) is 3. The first-order valence-electron chi connectivity index (χ1n) is 5.67. The van der Waals surface area contributed by atoms with Crippen molar-refractivity contribution in [3.8, 4) is 0 Å². The van der Waals surface area contributed by atoms with Gasteiger partial charge in [-0.15, -0.1) is 0 Å². The summed E-state index contributed by atoms with van der Waals surface area (Å²) in [7, 11) is 0. The van der Waals surface area contributed by atoms with Gasteiger partial charge in [-0.3, -0.25) is 4.98 Å². The highest BCUT2D eigenvalue weighted by Crippen LogP contribution is 2.14. The number of aromatic nitrogens is 3. The van der Waals surface area contributed by atoms with Crippen molar-refractivity contribution in [3.05, 3.63) is 53.9 Å². The van der Waals surface area contributed by atoms with E-state index in [0.29, 0.717) is 12.1 Å². The minimum absolute atomic E-state index is 0.473. The van der Waals surface area contributed by atoms with Crippen molar-refractivity contribution in [2.24, 2.45) is 0 Å². The Morgan fingerprint density at radius 2 is 2.12 bits per heavy atom. The predicted molar refractivity (Wildman–Crippen MR) is 64.3 cm³/mol. The van der Waals surface area contributed by atoms with Crippen molar-refractivity contribution in [2.45, 2.75) is 25.9 Å². The van der Waals surface area contributed by atoms with Crippen LogP contribution >= 0.6 is 0 Å². The third-order valence-electron chi connectivity index (χ3n) is 2.64. The number of hydrogen-bond acceptors (Lipinski definition) is 4. The lowest BCUT2D eigenvalue weighted by atomic mass is 10.1. The van der Waals surface area contributed by atoms with E-state index in [1.165, 1.54) is 11.9 Å². The molecule has 4 heteroatoms. The molecule has 0 aliphatic rings. The number of pyridine rings is 1. The van der Waals surface area contributed by atoms with Gasteiger partial charge in [0.2, 0.25) is 0 Å². The van der Waals surface area contributed by atoms with Crippen LogP contribution in [-0.4, -0.2) is 20.1 Å². The van der Waals surface area contributed by atoms with Gasteiger partial charge in [0.15, 0.2) is 0 Å². The summed E-state index contributed by atoms with van der Waals surface area (Å²) in [6.07, 6.45) is 5.73. The summed E-state index contributed by atoms with van der Waals surface area (Å²) in [4.78, 5) is 12.2. The molecule has 1 atom stereocenters. The standard InChI is InChI=1S/C13H15N3O/c1-2-10-3-4-11(15-8-10)7-13(17)12-5-6-14-9-16-12/h3-6,8-9,13,17H,2,7H2,1H3. The van der Waals surface area contributed by atoms with E-state index in [1.54, 1.807) is 12.3 Å². The van der Waals surface area contributed by atoms with Crippen molar-refractivity contribution in [1.29, 1.82) is 0 Å². The highest BCUT2D eigenvalue weighted by molar-refractivity contribution is 5.16. The molecule has 0 amide bonds. The Kier molecular flexibility index (Phi) is 3.77. The molecule has 0 saturated heterocycles. The average Bonchev–Trinajstić information content (AvgIpc) is 2.40. The lowest BCUT2D eigenvalue weighted by Gasteiger charge is -2.09. The Labute approximate surface area is 100 Å². The van der Waals surface area contributed by atoms with Gasteiger partial charge in [-0.05, 0) is 24.1 Å². The van der Waals surface area contributed by atoms with Crippen LogP contribution in [0.2, 0.25) is 0 Å². The van der Waals surface area contributed by atoms with Crippen LogP contribution in [-0.2, 0) is 12.8 Å². The normalized spacial score (nSPS) is 12.4. The van der Waals surface area contributed by atoms with Crippen LogP contribution in [0.15, 0.2) is 36.9 Å². The van der Waals surface area contributed by atoms with Gasteiger partial charge in [-0.1, -0.05) is 13.0 Å². The molecule has 0 aromatic carbocycles. The van der Waals surface area contributed by atoms with E-state index in [-0.39, 0.29) is 0 Å². The van der Waals surface area contributed by atoms with Crippen LogP contribution in [0.5, 0.6) is 0 Å². The second kappa shape index (κ2) is 5.50. The van der Waals surface area contributed by atoms with E-state index in [9.17, 15) is 5.11 Å². The maximum atomic E-state index is 9.97. The van der Waals surface area contributed by atoms with Gasteiger partial charge in [0, 0.05) is 24.5 Å². The second-order valence-corrected chi connectivity index (χ2v) is 3.87. The second-order valence-electron chi connectivity index (χ2n) is 3.87. The summed E-state index contributed by atoms with van der Waals surface area (Å²) in [5.41, 5.74) is 2.69. The predicted octanol–water partition coefficient (Wildman–Crippen LogP) is 1.71. The lowest BCUT2D eigenvalue weighted by molar-refractivity contribution is 0.172. The number of hydrogen-bond donors (Lipinski definition) is 1. The molecule has 2 aromatic rings. The van der Waals surface area contributed by atoms with Crippen LogP contribution in [0.25, 0.3) is 0 Å². The molecule has 0 bridgehead atoms. The molecule has 1 unspecified atom stereocenters. The Bertz CT molecular complexity index is 456. The van der Waals surface area contributed by atoms with Crippen LogP contribution in [0, 0.1) is 0 Å². The molecule has 17 heavy (non-hydrogen) atoms. The first-order valence-corrected chi connectivity index (χ1v) is 5.67. The van der Waals surface area contributed by atoms with E-state index < -0.39 is 6.10 Å². The Morgan fingerprint density at radius 1 is 1.24 bits per heavy atom. The first-order chi connectivity index (χ1) is 8.29. The third-order valence-corrected chi connectivity index (χ3v) is 2.64. The zero-order valence-electron chi connectivity index (χ0n) is 9.74. The van der Waals surface area contributed by atoms with Gasteiger partial charge in [-0.25, -0.2) is 9.97 Å². The molecule has 0 fully saturated rings. The molecule has 4 nitrogen and oxygen atoms in total. The molecule has 0 aliphatic carbocycles. The zero-order valence-corrected chi connectivity index (χ0v) is 9.74. The van der Waals surface area contributed by atoms with Crippen LogP contribution in [0.3, 0.4) is 0 Å². The fraction of sp³-hybridized carbons (Fsp3) is 0.308. The minimum atomic E-state index is -0.627. The molecule has 0 aliphatic heterocycles. The summed E-state index contributed by atoms with van der Waals surface area (Å²) in [6, 6.07) is 5.70. The van der Waals surface area contributed by atoms with E-state index >= 15 is 0 Å². The van der Waals surface area contributed by atoms with Crippen molar-refractivity contribution in [2.75, 3.05) is 0 Å². The topological polar surface area (TPSA) is 58.9 Å². The van der Waals surface area contributed by atoms with Gasteiger partial charge in [0.05, 0.1) is 5.69 Å². The number of aliphatic hydroxyl groups excluding tert-OH is 1. The zero-order chi connectivity index (χ0) is 12.1. The summed E-state index contributed by atoms with van der Waals surface area (Å²) < 4.78 is 0. The highest BCUT2D eigenvalue weighted by Gasteiger charge is 2.10. The minimum Gasteiger partial charge on any atom is -0.386 e. The molecule has 2 heterocycles. The van der Waals surface area contributed by atoms with Crippen molar-refractivity contribution in [3.63, 3.8) is 0 Å². The van der Waals surface area contributed by atoms with E-state index in [4.69, 9.17) is 0 Å². The van der Waals surface area contributed by atoms with E-state index in [0.717, 1.165) is 12.1 Å². The summed E-state index contributed by atoms with van der Waals surface area (Å²) in [6.45, 7) is 2.09. The van der Waals surface area contributed by atoms with Crippen molar-refractivity contribution < 1.29 is 5.11 Å². The number of aryl methyl sites for hydroxylation is 1. The summed E-state index contributed by atoms with van der Waals surface area (Å²) in [5, 5.41) is 9.97. The van der Waals surface area contributed by atoms with Gasteiger partial charge in [0.1, 0.15) is 12.4 Å². The Hall–Kier alpha value is -1.81. The summed E-state index contributed by atoms with van der Waals surface area (Å²) in [5.74, 6) is 0. The molecular weight excluding hydrogens is 214 g/mol. The molecule has 2 rings (SSSR count). The third kappa shape index (κ3) is 3.07. The van der Waals surface area contributed by atoms with Crippen molar-refractivity contribution >= 4 is 0 Å². The fourth-order valence-electron chi connectivity index (χ4n) is 1.59. The van der Waals surface area contributed by atoms with Crippen LogP contribution < -0.4 is 0 Å². The maximum Gasteiger partial charge on any atom is 0.115 e. The smallest absolute Gasteiger partial charge is 0.115 e. The van der Waals surface area contributed by atoms with Gasteiger partial charge in [0.25, 0.3) is 0 Å². The van der Waals surface area contributed by atoms with Gasteiger partial charge < -0.3 is 5.11 Å². The number of aliphatic hydroxyl groups is 1. The van der Waals surface area contributed by atoms with Crippen molar-refractivity contribution in [1.82, 2.24) is 15.0 Å². The largest absolute Gasteiger partial charge is 0.386 e. The molecular formula is C13H15N3O. The molecule has 0 radical (unpaired) electrons. The number of rotatable bonds is 4. The lowest BCUT2D eigenvalue weighted by Crippen LogP contribution is -2.05. The SMILES string of the molecule is CCc1ccc(CC(O)c2ccncn2)nc1. The first kappa shape index (κ1) is 11.7. The van der Waals surface area contributed by atoms with Crippen LogP contribution in [0.4, 0.5) is 0 Å². The Balaban J connectivity index is 2.05. The maximum absolute atomic E-state index is 9.97. The molecule has 0 saturated carbocycles. The molecule has 1 N–H and O–H groups in total. The molecule has 0 spiro atoms. The fourth-order valence-corrected chi connectivity index (χ4v) is 1.59. The van der Waals surface area contributed by atoms with E-state index in [1.807, 2.05) is 18.3 Å². The highest BCUT2D eigenvalue weighted by atomic mass is 16.3. The molecule has 88 valence electrons. The average molecular weight is 229 g/mol. The quantitative estimate of drug-likeness (QED) is 0.867. The van der Waals surface area contributed by atoms with E-state index in [2.05, 4.69) is 21.9 Å². The van der Waals surface area contributed by atoms with Gasteiger partial charge in [-0.2, -0.15) is 0 Å². The summed E-state index contributed by atoms with van der Waals surface area (Å²) >= 11 is 0. The van der Waals surface area contributed by atoms with Crippen LogP contribution in [0.1, 0.15) is 30.0 Å². The molecule has 2 aromatic heterocycles. The Morgan fingerprint density at radius 3 is 2.71 bits per heavy atom. The van der Waals surface area contributed by atoms with Gasteiger partial charge >= 0.3 is 0 Å². The monoisotopic (exact) mass is 229 g/mol.